The predicted octanol–water partition coefficient (Wildman–Crippen LogP) is 4.79. The van der Waals surface area contributed by atoms with Crippen molar-refractivity contribution in [2.45, 2.75) is 5.88 Å². The van der Waals surface area contributed by atoms with Crippen LogP contribution in [0.25, 0.3) is 20.9 Å². The molecule has 0 saturated carbocycles. The van der Waals surface area contributed by atoms with E-state index in [1.54, 1.807) is 11.3 Å². The van der Waals surface area contributed by atoms with Gasteiger partial charge in [0, 0.05) is 9.58 Å². The van der Waals surface area contributed by atoms with Gasteiger partial charge in [0.2, 0.25) is 0 Å². The maximum atomic E-state index is 5.86. The zero-order chi connectivity index (χ0) is 10.3. The van der Waals surface area contributed by atoms with Gasteiger partial charge >= 0.3 is 0 Å². The number of hydrogen-bond acceptors (Lipinski definition) is 1. The summed E-state index contributed by atoms with van der Waals surface area (Å²) in [5, 5.41) is 3.93. The molecule has 3 aromatic rings. The summed E-state index contributed by atoms with van der Waals surface area (Å²) < 4.78 is 1.35. The summed E-state index contributed by atoms with van der Waals surface area (Å²) in [7, 11) is 0. The Hall–Kier alpha value is -1.05. The molecule has 2 aromatic carbocycles. The highest BCUT2D eigenvalue weighted by Crippen LogP contribution is 2.33. The van der Waals surface area contributed by atoms with Crippen LogP contribution in [0, 0.1) is 0 Å². The van der Waals surface area contributed by atoms with Gasteiger partial charge in [-0.05, 0) is 22.2 Å². The molecule has 0 aliphatic rings. The van der Waals surface area contributed by atoms with Gasteiger partial charge in [-0.15, -0.1) is 22.9 Å². The van der Waals surface area contributed by atoms with Crippen molar-refractivity contribution in [1.82, 2.24) is 0 Å². The van der Waals surface area contributed by atoms with E-state index in [1.165, 1.54) is 25.7 Å². The van der Waals surface area contributed by atoms with E-state index in [2.05, 4.69) is 42.5 Å². The molecule has 0 atom stereocenters. The first kappa shape index (κ1) is 9.20. The van der Waals surface area contributed by atoms with Crippen molar-refractivity contribution in [2.24, 2.45) is 0 Å². The van der Waals surface area contributed by atoms with Gasteiger partial charge < -0.3 is 0 Å². The van der Waals surface area contributed by atoms with Crippen molar-refractivity contribution in [1.29, 1.82) is 0 Å². The van der Waals surface area contributed by atoms with Crippen LogP contribution in [0.5, 0.6) is 0 Å². The summed E-state index contributed by atoms with van der Waals surface area (Å²) in [5.74, 6) is 0.605. The van der Waals surface area contributed by atoms with Gasteiger partial charge in [0.05, 0.1) is 5.88 Å². The lowest BCUT2D eigenvalue weighted by molar-refractivity contribution is 1.54. The smallest absolute Gasteiger partial charge is 0.0568 e. The minimum Gasteiger partial charge on any atom is -0.138 e. The second-order valence-electron chi connectivity index (χ2n) is 3.55. The molecule has 0 saturated heterocycles. The molecular weight excluding hydrogens is 224 g/mol. The van der Waals surface area contributed by atoms with Crippen molar-refractivity contribution in [2.75, 3.05) is 0 Å². The van der Waals surface area contributed by atoms with Gasteiger partial charge in [-0.1, -0.05) is 36.4 Å². The minimum absolute atomic E-state index is 0.605. The number of fused-ring (bicyclic) bond motifs is 3. The van der Waals surface area contributed by atoms with Crippen LogP contribution in [-0.4, -0.2) is 0 Å². The maximum absolute atomic E-state index is 5.86. The van der Waals surface area contributed by atoms with Crippen molar-refractivity contribution in [3.63, 3.8) is 0 Å². The standard InChI is InChI=1S/C13H9ClS/c14-8-11-7-10-6-5-9-3-1-2-4-12(9)13(10)15-11/h1-7H,8H2. The molecular formula is C13H9ClS. The van der Waals surface area contributed by atoms with E-state index in [1.807, 2.05) is 0 Å². The number of benzene rings is 2. The highest BCUT2D eigenvalue weighted by atomic mass is 35.5. The van der Waals surface area contributed by atoms with E-state index in [-0.39, 0.29) is 0 Å². The van der Waals surface area contributed by atoms with E-state index in [4.69, 9.17) is 11.6 Å². The molecule has 0 amide bonds. The molecule has 0 fully saturated rings. The van der Waals surface area contributed by atoms with E-state index >= 15 is 0 Å². The molecule has 0 N–H and O–H groups in total. The molecule has 1 heterocycles. The number of thiophene rings is 1. The van der Waals surface area contributed by atoms with Crippen LogP contribution < -0.4 is 0 Å². The molecule has 0 nitrogen and oxygen atoms in total. The third-order valence-corrected chi connectivity index (χ3v) is 4.22. The van der Waals surface area contributed by atoms with Crippen LogP contribution in [0.15, 0.2) is 42.5 Å². The second kappa shape index (κ2) is 3.51. The fourth-order valence-electron chi connectivity index (χ4n) is 1.89. The first-order valence-corrected chi connectivity index (χ1v) is 6.20. The highest BCUT2D eigenvalue weighted by Gasteiger charge is 2.04. The first-order valence-electron chi connectivity index (χ1n) is 4.84. The average molecular weight is 233 g/mol. The third-order valence-electron chi connectivity index (χ3n) is 2.59. The van der Waals surface area contributed by atoms with E-state index in [9.17, 15) is 0 Å². The highest BCUT2D eigenvalue weighted by molar-refractivity contribution is 7.20. The topological polar surface area (TPSA) is 0 Å². The van der Waals surface area contributed by atoms with E-state index < -0.39 is 0 Å². The van der Waals surface area contributed by atoms with Crippen molar-refractivity contribution in [3.8, 4) is 0 Å². The molecule has 0 spiro atoms. The van der Waals surface area contributed by atoms with Gasteiger partial charge in [-0.3, -0.25) is 0 Å². The summed E-state index contributed by atoms with van der Waals surface area (Å²) in [6, 6.07) is 15.0. The van der Waals surface area contributed by atoms with Gasteiger partial charge in [-0.2, -0.15) is 0 Å². The first-order chi connectivity index (χ1) is 7.38. The average Bonchev–Trinajstić information content (AvgIpc) is 2.72. The maximum Gasteiger partial charge on any atom is 0.0568 e. The van der Waals surface area contributed by atoms with Crippen LogP contribution in [0.3, 0.4) is 0 Å². The number of hydrogen-bond donors (Lipinski definition) is 0. The summed E-state index contributed by atoms with van der Waals surface area (Å²) >= 11 is 7.65. The molecule has 0 aliphatic carbocycles. The Kier molecular flexibility index (Phi) is 2.15. The molecule has 0 radical (unpaired) electrons. The number of alkyl halides is 1. The Labute approximate surface area is 97.1 Å². The summed E-state index contributed by atoms with van der Waals surface area (Å²) in [4.78, 5) is 1.24. The fourth-order valence-corrected chi connectivity index (χ4v) is 3.17. The SMILES string of the molecule is ClCc1cc2ccc3ccccc3c2s1. The largest absolute Gasteiger partial charge is 0.138 e. The zero-order valence-corrected chi connectivity index (χ0v) is 9.61. The van der Waals surface area contributed by atoms with Crippen molar-refractivity contribution < 1.29 is 0 Å². The van der Waals surface area contributed by atoms with E-state index in [0.717, 1.165) is 0 Å². The summed E-state index contributed by atoms with van der Waals surface area (Å²) in [5.41, 5.74) is 0. The Bertz CT molecular complexity index is 625. The lowest BCUT2D eigenvalue weighted by atomic mass is 10.1. The summed E-state index contributed by atoms with van der Waals surface area (Å²) in [6.07, 6.45) is 0. The lowest BCUT2D eigenvalue weighted by Crippen LogP contribution is -1.70. The zero-order valence-electron chi connectivity index (χ0n) is 8.03. The van der Waals surface area contributed by atoms with Crippen LogP contribution >= 0.6 is 22.9 Å². The lowest BCUT2D eigenvalue weighted by Gasteiger charge is -1.97. The Morgan fingerprint density at radius 3 is 2.67 bits per heavy atom. The monoisotopic (exact) mass is 232 g/mol. The fraction of sp³-hybridized carbons (Fsp3) is 0.0769. The molecule has 0 aliphatic heterocycles. The van der Waals surface area contributed by atoms with E-state index in [0.29, 0.717) is 5.88 Å². The van der Waals surface area contributed by atoms with Crippen LogP contribution in [0.1, 0.15) is 4.88 Å². The second-order valence-corrected chi connectivity index (χ2v) is 4.96. The van der Waals surface area contributed by atoms with Gasteiger partial charge in [0.1, 0.15) is 0 Å². The molecule has 3 rings (SSSR count). The van der Waals surface area contributed by atoms with Gasteiger partial charge in [0.15, 0.2) is 0 Å². The Morgan fingerprint density at radius 2 is 1.80 bits per heavy atom. The molecule has 0 bridgehead atoms. The molecule has 15 heavy (non-hydrogen) atoms. The van der Waals surface area contributed by atoms with Gasteiger partial charge in [0.25, 0.3) is 0 Å². The Morgan fingerprint density at radius 1 is 1.00 bits per heavy atom. The minimum atomic E-state index is 0.605. The predicted molar refractivity (Wildman–Crippen MR) is 68.9 cm³/mol. The summed E-state index contributed by atoms with van der Waals surface area (Å²) in [6.45, 7) is 0. The van der Waals surface area contributed by atoms with Crippen LogP contribution in [-0.2, 0) is 5.88 Å². The van der Waals surface area contributed by atoms with Gasteiger partial charge in [-0.25, -0.2) is 0 Å². The van der Waals surface area contributed by atoms with Crippen molar-refractivity contribution >= 4 is 43.8 Å². The Balaban J connectivity index is 2.47. The molecule has 0 unspecified atom stereocenters. The van der Waals surface area contributed by atoms with Crippen LogP contribution in [0.4, 0.5) is 0 Å². The quantitative estimate of drug-likeness (QED) is 0.529. The molecule has 74 valence electrons. The molecule has 2 heteroatoms. The normalized spacial score (nSPS) is 11.3. The van der Waals surface area contributed by atoms with Crippen LogP contribution in [0.2, 0.25) is 0 Å². The molecule has 1 aromatic heterocycles. The third kappa shape index (κ3) is 1.43. The van der Waals surface area contributed by atoms with Crippen molar-refractivity contribution in [3.05, 3.63) is 47.3 Å². The number of halogens is 1. The number of rotatable bonds is 1.